The number of halogens is 2. The topological polar surface area (TPSA) is 72.9 Å². The average Bonchev–Trinajstić information content (AvgIpc) is 3.04. The Balaban J connectivity index is 1.84. The van der Waals surface area contributed by atoms with Crippen molar-refractivity contribution >= 4 is 35.1 Å². The minimum absolute atomic E-state index is 0.159. The van der Waals surface area contributed by atoms with E-state index in [9.17, 15) is 9.18 Å². The first-order chi connectivity index (χ1) is 12.5. The van der Waals surface area contributed by atoms with Crippen LogP contribution in [0.3, 0.4) is 0 Å². The second-order valence-electron chi connectivity index (χ2n) is 5.69. The molecule has 2 aromatic carbocycles. The van der Waals surface area contributed by atoms with Gasteiger partial charge in [0.15, 0.2) is 0 Å². The number of hydrogen-bond acceptors (Lipinski definition) is 4. The Bertz CT molecular complexity index is 940. The number of nitrogens with zero attached hydrogens (tertiary/aromatic N) is 2. The predicted octanol–water partition coefficient (Wildman–Crippen LogP) is 4.03. The first-order valence-corrected chi connectivity index (χ1v) is 8.95. The summed E-state index contributed by atoms with van der Waals surface area (Å²) in [6.45, 7) is 0. The zero-order chi connectivity index (χ0) is 18.7. The smallest absolute Gasteiger partial charge is 0.228 e. The Kier molecular flexibility index (Phi) is 5.61. The normalized spacial score (nSPS) is 10.8. The summed E-state index contributed by atoms with van der Waals surface area (Å²) in [4.78, 5) is 13.1. The summed E-state index contributed by atoms with van der Waals surface area (Å²) >= 11 is 7.06. The zero-order valence-corrected chi connectivity index (χ0v) is 15.4. The lowest BCUT2D eigenvalue weighted by Gasteiger charge is -2.10. The van der Waals surface area contributed by atoms with E-state index >= 15 is 0 Å². The highest BCUT2D eigenvalue weighted by molar-refractivity contribution is 7.97. The molecule has 0 unspecified atom stereocenters. The van der Waals surface area contributed by atoms with Crippen molar-refractivity contribution in [3.05, 3.63) is 65.2 Å². The van der Waals surface area contributed by atoms with Crippen LogP contribution in [0.1, 0.15) is 5.56 Å². The van der Waals surface area contributed by atoms with Crippen LogP contribution in [-0.4, -0.2) is 15.7 Å². The molecular weight excluding hydrogens is 375 g/mol. The SMILES string of the molecule is Cn1cc(-c2cc(NC(=O)Cc3c(F)cccc3Cl)cc(SN)c2)cn1. The van der Waals surface area contributed by atoms with Crippen molar-refractivity contribution in [1.29, 1.82) is 0 Å². The van der Waals surface area contributed by atoms with E-state index in [1.165, 1.54) is 12.1 Å². The van der Waals surface area contributed by atoms with E-state index in [0.717, 1.165) is 28.0 Å². The summed E-state index contributed by atoms with van der Waals surface area (Å²) in [7, 11) is 1.83. The molecule has 0 saturated heterocycles. The highest BCUT2D eigenvalue weighted by Crippen LogP contribution is 2.28. The second kappa shape index (κ2) is 7.90. The minimum Gasteiger partial charge on any atom is -0.326 e. The van der Waals surface area contributed by atoms with Gasteiger partial charge in [0.2, 0.25) is 5.91 Å². The van der Waals surface area contributed by atoms with Gasteiger partial charge >= 0.3 is 0 Å². The average molecular weight is 391 g/mol. The Morgan fingerprint density at radius 3 is 2.81 bits per heavy atom. The fraction of sp³-hybridized carbons (Fsp3) is 0.111. The number of aryl methyl sites for hydroxylation is 1. The molecule has 1 heterocycles. The fourth-order valence-corrected chi connectivity index (χ4v) is 3.16. The molecule has 5 nitrogen and oxygen atoms in total. The van der Waals surface area contributed by atoms with E-state index in [4.69, 9.17) is 16.7 Å². The molecular formula is C18H16ClFN4OS. The summed E-state index contributed by atoms with van der Waals surface area (Å²) in [5.74, 6) is -0.872. The molecule has 0 saturated carbocycles. The lowest BCUT2D eigenvalue weighted by Crippen LogP contribution is -2.15. The third-order valence-corrected chi connectivity index (χ3v) is 4.63. The van der Waals surface area contributed by atoms with E-state index in [2.05, 4.69) is 10.4 Å². The van der Waals surface area contributed by atoms with Gasteiger partial charge < -0.3 is 5.32 Å². The standard InChI is InChI=1S/C18H16ClFN4OS/c1-24-10-12(9-22-24)11-5-13(7-14(6-11)26-21)23-18(25)8-15-16(19)3-2-4-17(15)20/h2-7,9-10H,8,21H2,1H3,(H,23,25). The van der Waals surface area contributed by atoms with Gasteiger partial charge in [-0.3, -0.25) is 14.6 Å². The van der Waals surface area contributed by atoms with Crippen LogP contribution >= 0.6 is 23.5 Å². The van der Waals surface area contributed by atoms with Crippen molar-refractivity contribution in [2.24, 2.45) is 12.2 Å². The predicted molar refractivity (Wildman–Crippen MR) is 102 cm³/mol. The molecule has 1 amide bonds. The van der Waals surface area contributed by atoms with Crippen molar-refractivity contribution in [2.45, 2.75) is 11.3 Å². The van der Waals surface area contributed by atoms with Gasteiger partial charge in [0.1, 0.15) is 5.82 Å². The molecule has 3 aromatic rings. The Labute approximate surface area is 159 Å². The quantitative estimate of drug-likeness (QED) is 0.645. The van der Waals surface area contributed by atoms with Crippen LogP contribution in [0.2, 0.25) is 5.02 Å². The molecule has 0 aliphatic carbocycles. The first-order valence-electron chi connectivity index (χ1n) is 7.70. The van der Waals surface area contributed by atoms with E-state index < -0.39 is 5.82 Å². The van der Waals surface area contributed by atoms with Crippen LogP contribution < -0.4 is 10.5 Å². The fourth-order valence-electron chi connectivity index (χ4n) is 2.54. The molecule has 0 spiro atoms. The maximum atomic E-state index is 13.9. The maximum Gasteiger partial charge on any atom is 0.228 e. The largest absolute Gasteiger partial charge is 0.326 e. The number of amides is 1. The molecule has 0 bridgehead atoms. The van der Waals surface area contributed by atoms with E-state index in [1.54, 1.807) is 23.0 Å². The van der Waals surface area contributed by atoms with Crippen LogP contribution in [0, 0.1) is 5.82 Å². The van der Waals surface area contributed by atoms with Gasteiger partial charge in [-0.15, -0.1) is 0 Å². The summed E-state index contributed by atoms with van der Waals surface area (Å²) in [5, 5.41) is 12.8. The molecule has 0 aliphatic heterocycles. The second-order valence-corrected chi connectivity index (χ2v) is 6.81. The molecule has 1 aromatic heterocycles. The summed E-state index contributed by atoms with van der Waals surface area (Å²) < 4.78 is 15.6. The van der Waals surface area contributed by atoms with Crippen molar-refractivity contribution in [3.63, 3.8) is 0 Å². The van der Waals surface area contributed by atoms with E-state index in [-0.39, 0.29) is 22.9 Å². The van der Waals surface area contributed by atoms with Gasteiger partial charge in [-0.05, 0) is 47.8 Å². The molecule has 26 heavy (non-hydrogen) atoms. The van der Waals surface area contributed by atoms with Gasteiger partial charge in [-0.25, -0.2) is 4.39 Å². The van der Waals surface area contributed by atoms with Crippen molar-refractivity contribution in [3.8, 4) is 11.1 Å². The highest BCUT2D eigenvalue weighted by atomic mass is 35.5. The van der Waals surface area contributed by atoms with Crippen molar-refractivity contribution < 1.29 is 9.18 Å². The number of benzene rings is 2. The van der Waals surface area contributed by atoms with Gasteiger partial charge in [0, 0.05) is 40.0 Å². The van der Waals surface area contributed by atoms with Gasteiger partial charge in [-0.2, -0.15) is 5.10 Å². The number of carbonyl (C=O) groups is 1. The third kappa shape index (κ3) is 4.24. The van der Waals surface area contributed by atoms with Crippen LogP contribution in [-0.2, 0) is 18.3 Å². The number of nitrogens with two attached hydrogens (primary N) is 1. The monoisotopic (exact) mass is 390 g/mol. The van der Waals surface area contributed by atoms with E-state index in [1.807, 2.05) is 25.4 Å². The van der Waals surface area contributed by atoms with Crippen LogP contribution in [0.15, 0.2) is 53.7 Å². The van der Waals surface area contributed by atoms with Gasteiger partial charge in [-0.1, -0.05) is 17.7 Å². The molecule has 0 atom stereocenters. The molecule has 3 rings (SSSR count). The molecule has 0 radical (unpaired) electrons. The van der Waals surface area contributed by atoms with Crippen molar-refractivity contribution in [2.75, 3.05) is 5.32 Å². The number of carbonyl (C=O) groups excluding carboxylic acids is 1. The number of aromatic nitrogens is 2. The molecule has 134 valence electrons. The lowest BCUT2D eigenvalue weighted by atomic mass is 10.1. The maximum absolute atomic E-state index is 13.9. The first kappa shape index (κ1) is 18.4. The van der Waals surface area contributed by atoms with Gasteiger partial charge in [0.25, 0.3) is 0 Å². The molecule has 3 N–H and O–H groups in total. The molecule has 0 aliphatic rings. The Morgan fingerprint density at radius 1 is 1.35 bits per heavy atom. The Hall–Kier alpha value is -2.35. The summed E-state index contributed by atoms with van der Waals surface area (Å²) in [6.07, 6.45) is 3.43. The molecule has 0 fully saturated rings. The molecule has 8 heteroatoms. The summed E-state index contributed by atoms with van der Waals surface area (Å²) in [5.41, 5.74) is 2.50. The van der Waals surface area contributed by atoms with E-state index in [0.29, 0.717) is 5.69 Å². The zero-order valence-electron chi connectivity index (χ0n) is 13.9. The third-order valence-electron chi connectivity index (χ3n) is 3.76. The number of anilines is 1. The minimum atomic E-state index is -0.505. The summed E-state index contributed by atoms with van der Waals surface area (Å²) in [6, 6.07) is 9.81. The lowest BCUT2D eigenvalue weighted by molar-refractivity contribution is -0.115. The number of nitrogens with one attached hydrogen (secondary N) is 1. The van der Waals surface area contributed by atoms with Crippen LogP contribution in [0.5, 0.6) is 0 Å². The number of rotatable bonds is 5. The van der Waals surface area contributed by atoms with Crippen LogP contribution in [0.4, 0.5) is 10.1 Å². The van der Waals surface area contributed by atoms with Crippen molar-refractivity contribution in [1.82, 2.24) is 9.78 Å². The Morgan fingerprint density at radius 2 is 2.15 bits per heavy atom. The van der Waals surface area contributed by atoms with Gasteiger partial charge in [0.05, 0.1) is 12.6 Å². The highest BCUT2D eigenvalue weighted by Gasteiger charge is 2.13. The van der Waals surface area contributed by atoms with Crippen LogP contribution in [0.25, 0.3) is 11.1 Å². The number of hydrogen-bond donors (Lipinski definition) is 2.